The topological polar surface area (TPSA) is 148 Å². The van der Waals surface area contributed by atoms with E-state index in [0.29, 0.717) is 23.1 Å². The van der Waals surface area contributed by atoms with E-state index >= 15 is 0 Å². The molecule has 0 bridgehead atoms. The van der Waals surface area contributed by atoms with Crippen molar-refractivity contribution in [3.63, 3.8) is 0 Å². The number of anilines is 2. The summed E-state index contributed by atoms with van der Waals surface area (Å²) in [5.41, 5.74) is 0.263. The van der Waals surface area contributed by atoms with Gasteiger partial charge in [0.1, 0.15) is 5.82 Å². The Hall–Kier alpha value is -3.48. The lowest BCUT2D eigenvalue weighted by atomic mass is 10.3. The van der Waals surface area contributed by atoms with Crippen LogP contribution in [0, 0.1) is 0 Å². The fourth-order valence-electron chi connectivity index (χ4n) is 2.23. The molecule has 0 saturated carbocycles. The van der Waals surface area contributed by atoms with Crippen LogP contribution in [0.3, 0.4) is 0 Å². The summed E-state index contributed by atoms with van der Waals surface area (Å²) in [7, 11) is 5.46. The van der Waals surface area contributed by atoms with Gasteiger partial charge in [-0.05, 0) is 18.2 Å². The highest BCUT2D eigenvalue weighted by Gasteiger charge is 2.17. The van der Waals surface area contributed by atoms with Crippen LogP contribution in [-0.2, 0) is 9.47 Å². The van der Waals surface area contributed by atoms with Gasteiger partial charge in [0.25, 0.3) is 5.88 Å². The first-order chi connectivity index (χ1) is 16.2. The zero-order chi connectivity index (χ0) is 25.3. The first-order valence-electron chi connectivity index (χ1n) is 8.98. The molecular weight excluding hydrogens is 515 g/mol. The van der Waals surface area contributed by atoms with Crippen LogP contribution in [0.1, 0.15) is 21.0 Å². The molecule has 3 heterocycles. The Balaban J connectivity index is 0.000000287. The van der Waals surface area contributed by atoms with Crippen molar-refractivity contribution in [1.82, 2.24) is 25.4 Å². The Morgan fingerprint density at radius 1 is 0.794 bits per heavy atom. The molecule has 1 N–H and O–H groups in total. The number of ether oxygens (including phenoxy) is 4. The molecule has 34 heavy (non-hydrogen) atoms. The minimum Gasteiger partial charge on any atom is -0.491 e. The standard InChI is InChI=1S/C13H13ClN4O4.C6H4Cl2N2O2/c1-20-8-4-5-10(16-12(8)21-2)15-7-6-9(14)17-18-11(7)13(19)22-3;1-12-6(11)5-3(7)2-4(8)9-10-5/h4-6H,1-3H3,(H,15,16,17);2H,1H3. The third kappa shape index (κ3) is 7.01. The van der Waals surface area contributed by atoms with Crippen molar-refractivity contribution in [2.45, 2.75) is 0 Å². The van der Waals surface area contributed by atoms with Crippen molar-refractivity contribution >= 4 is 58.2 Å². The van der Waals surface area contributed by atoms with Gasteiger partial charge in [-0.25, -0.2) is 9.59 Å². The predicted octanol–water partition coefficient (Wildman–Crippen LogP) is 3.64. The molecule has 0 aromatic carbocycles. The summed E-state index contributed by atoms with van der Waals surface area (Å²) in [5, 5.41) is 17.5. The SMILES string of the molecule is COC(=O)c1nnc(Cl)cc1Cl.COC(=O)c1nnc(Cl)cc1Nc1ccc(OC)c(OC)n1. The van der Waals surface area contributed by atoms with Gasteiger partial charge in [-0.15, -0.1) is 20.4 Å². The number of carbonyl (C=O) groups excluding carboxylic acids is 2. The number of rotatable bonds is 6. The second-order valence-corrected chi connectivity index (χ2v) is 6.99. The maximum absolute atomic E-state index is 11.7. The summed E-state index contributed by atoms with van der Waals surface area (Å²) < 4.78 is 19.3. The van der Waals surface area contributed by atoms with Crippen molar-refractivity contribution in [2.75, 3.05) is 33.8 Å². The van der Waals surface area contributed by atoms with Crippen molar-refractivity contribution in [2.24, 2.45) is 0 Å². The van der Waals surface area contributed by atoms with Gasteiger partial charge in [0.15, 0.2) is 27.4 Å². The molecule has 3 rings (SSSR count). The third-order valence-electron chi connectivity index (χ3n) is 3.74. The highest BCUT2D eigenvalue weighted by atomic mass is 35.5. The van der Waals surface area contributed by atoms with Crippen molar-refractivity contribution < 1.29 is 28.5 Å². The molecule has 0 unspecified atom stereocenters. The number of hydrogen-bond acceptors (Lipinski definition) is 12. The average Bonchev–Trinajstić information content (AvgIpc) is 2.83. The largest absolute Gasteiger partial charge is 0.491 e. The van der Waals surface area contributed by atoms with E-state index < -0.39 is 11.9 Å². The number of aromatic nitrogens is 5. The summed E-state index contributed by atoms with van der Waals surface area (Å²) in [4.78, 5) is 26.8. The minimum absolute atomic E-state index is 0.0107. The van der Waals surface area contributed by atoms with Crippen LogP contribution in [0.5, 0.6) is 11.6 Å². The summed E-state index contributed by atoms with van der Waals surface area (Å²) in [5.74, 6) is -0.101. The van der Waals surface area contributed by atoms with Gasteiger partial charge in [0, 0.05) is 6.07 Å². The quantitative estimate of drug-likeness (QED) is 0.463. The zero-order valence-corrected chi connectivity index (χ0v) is 20.4. The van der Waals surface area contributed by atoms with Crippen molar-refractivity contribution in [3.8, 4) is 11.6 Å². The van der Waals surface area contributed by atoms with Gasteiger partial charge in [0.2, 0.25) is 0 Å². The minimum atomic E-state index is -0.646. The molecule has 0 aliphatic rings. The van der Waals surface area contributed by atoms with Crippen molar-refractivity contribution in [1.29, 1.82) is 0 Å². The predicted molar refractivity (Wildman–Crippen MR) is 122 cm³/mol. The lowest BCUT2D eigenvalue weighted by Crippen LogP contribution is -2.10. The molecule has 0 aliphatic heterocycles. The molecule has 0 atom stereocenters. The van der Waals surface area contributed by atoms with E-state index in [1.54, 1.807) is 12.1 Å². The molecule has 0 amide bonds. The van der Waals surface area contributed by atoms with E-state index in [2.05, 4.69) is 40.2 Å². The van der Waals surface area contributed by atoms with Crippen LogP contribution in [-0.4, -0.2) is 65.8 Å². The first-order valence-corrected chi connectivity index (χ1v) is 10.1. The lowest BCUT2D eigenvalue weighted by Gasteiger charge is -2.11. The zero-order valence-electron chi connectivity index (χ0n) is 18.1. The third-order valence-corrected chi connectivity index (χ3v) is 4.40. The van der Waals surface area contributed by atoms with Crippen LogP contribution in [0.4, 0.5) is 11.5 Å². The number of methoxy groups -OCH3 is 4. The number of halogens is 3. The Labute approximate surface area is 208 Å². The van der Waals surface area contributed by atoms with E-state index in [9.17, 15) is 9.59 Å². The molecule has 0 saturated heterocycles. The van der Waals surface area contributed by atoms with E-state index in [-0.39, 0.29) is 26.7 Å². The number of hydrogen-bond donors (Lipinski definition) is 1. The molecule has 3 aromatic rings. The highest BCUT2D eigenvalue weighted by molar-refractivity contribution is 6.35. The van der Waals surface area contributed by atoms with Crippen LogP contribution in [0.2, 0.25) is 15.3 Å². The van der Waals surface area contributed by atoms with E-state index in [1.165, 1.54) is 40.6 Å². The van der Waals surface area contributed by atoms with Gasteiger partial charge in [-0.3, -0.25) is 0 Å². The maximum atomic E-state index is 11.7. The van der Waals surface area contributed by atoms with Crippen LogP contribution in [0.25, 0.3) is 0 Å². The summed E-state index contributed by atoms with van der Waals surface area (Å²) in [6, 6.07) is 6.08. The molecule has 0 aliphatic carbocycles. The van der Waals surface area contributed by atoms with E-state index in [1.807, 2.05) is 0 Å². The summed E-state index contributed by atoms with van der Waals surface area (Å²) >= 11 is 16.9. The number of pyridine rings is 1. The second-order valence-electron chi connectivity index (χ2n) is 5.81. The first kappa shape index (κ1) is 26.8. The van der Waals surface area contributed by atoms with E-state index in [4.69, 9.17) is 44.3 Å². The molecule has 3 aromatic heterocycles. The van der Waals surface area contributed by atoms with E-state index in [0.717, 1.165) is 0 Å². The number of esters is 2. The molecule has 0 radical (unpaired) electrons. The summed E-state index contributed by atoms with van der Waals surface area (Å²) in [6.07, 6.45) is 0. The fourth-order valence-corrected chi connectivity index (χ4v) is 2.80. The molecule has 0 fully saturated rings. The maximum Gasteiger partial charge on any atom is 0.360 e. The van der Waals surface area contributed by atoms with Crippen LogP contribution < -0.4 is 14.8 Å². The van der Waals surface area contributed by atoms with Gasteiger partial charge in [0.05, 0.1) is 39.1 Å². The smallest absolute Gasteiger partial charge is 0.360 e. The Bertz CT molecular complexity index is 1180. The second kappa shape index (κ2) is 12.7. The normalized spacial score (nSPS) is 9.85. The van der Waals surface area contributed by atoms with Gasteiger partial charge in [-0.1, -0.05) is 34.8 Å². The van der Waals surface area contributed by atoms with Crippen LogP contribution >= 0.6 is 34.8 Å². The Kier molecular flexibility index (Phi) is 9.98. The lowest BCUT2D eigenvalue weighted by molar-refractivity contribution is 0.0584. The van der Waals surface area contributed by atoms with Crippen molar-refractivity contribution in [3.05, 3.63) is 51.0 Å². The van der Waals surface area contributed by atoms with Gasteiger partial charge >= 0.3 is 11.9 Å². The van der Waals surface area contributed by atoms with Crippen LogP contribution in [0.15, 0.2) is 24.3 Å². The molecule has 0 spiro atoms. The molecule has 12 nitrogen and oxygen atoms in total. The summed E-state index contributed by atoms with van der Waals surface area (Å²) in [6.45, 7) is 0. The van der Waals surface area contributed by atoms with Gasteiger partial charge < -0.3 is 24.3 Å². The Morgan fingerprint density at radius 2 is 1.38 bits per heavy atom. The van der Waals surface area contributed by atoms with Gasteiger partial charge in [-0.2, -0.15) is 4.98 Å². The Morgan fingerprint density at radius 3 is 1.94 bits per heavy atom. The fraction of sp³-hybridized carbons (Fsp3) is 0.211. The average molecular weight is 532 g/mol. The molecular formula is C19H17Cl3N6O6. The number of nitrogens with one attached hydrogen (secondary N) is 1. The number of carbonyl (C=O) groups is 2. The molecule has 180 valence electrons. The monoisotopic (exact) mass is 530 g/mol. The molecule has 15 heteroatoms. The highest BCUT2D eigenvalue weighted by Crippen LogP contribution is 2.28. The number of nitrogens with zero attached hydrogens (tertiary/aromatic N) is 5.